The van der Waals surface area contributed by atoms with Crippen molar-refractivity contribution >= 4 is 33.4 Å². The molecule has 78 valence electrons. The highest BCUT2D eigenvalue weighted by Gasteiger charge is 2.06. The number of carbonyl (C=O) groups is 1. The molecular formula is C8H11BrClN3O. The fraction of sp³-hybridized carbons (Fsp3) is 0.500. The van der Waals surface area contributed by atoms with Crippen LogP contribution < -0.4 is 5.32 Å². The maximum atomic E-state index is 10.9. The first-order valence-corrected chi connectivity index (χ1v) is 5.54. The second kappa shape index (κ2) is 5.36. The number of rotatable bonds is 4. The summed E-state index contributed by atoms with van der Waals surface area (Å²) >= 11 is 8.70. The molecule has 0 aromatic carbocycles. The van der Waals surface area contributed by atoms with Gasteiger partial charge in [-0.15, -0.1) is 11.6 Å². The largest absolute Gasteiger partial charge is 0.349 e. The quantitative estimate of drug-likeness (QED) is 0.850. The lowest BCUT2D eigenvalue weighted by atomic mass is 10.4. The molecule has 0 aliphatic rings. The highest BCUT2D eigenvalue weighted by Crippen LogP contribution is 2.14. The topological polar surface area (TPSA) is 46.9 Å². The number of alkyl halides is 1. The summed E-state index contributed by atoms with van der Waals surface area (Å²) in [5.41, 5.74) is 0.810. The van der Waals surface area contributed by atoms with Gasteiger partial charge >= 0.3 is 0 Å². The summed E-state index contributed by atoms with van der Waals surface area (Å²) in [7, 11) is 0. The number of halogens is 2. The van der Waals surface area contributed by atoms with Crippen molar-refractivity contribution in [2.75, 3.05) is 5.88 Å². The Morgan fingerprint density at radius 3 is 3.00 bits per heavy atom. The minimum absolute atomic E-state index is 0.0217. The molecule has 0 saturated heterocycles. The molecule has 1 heterocycles. The third-order valence-electron chi connectivity index (χ3n) is 1.69. The van der Waals surface area contributed by atoms with E-state index in [1.54, 1.807) is 4.68 Å². The van der Waals surface area contributed by atoms with Crippen LogP contribution in [0.2, 0.25) is 0 Å². The van der Waals surface area contributed by atoms with Crippen molar-refractivity contribution in [1.29, 1.82) is 0 Å². The number of hydrogen-bond donors (Lipinski definition) is 1. The molecule has 1 rings (SSSR count). The van der Waals surface area contributed by atoms with E-state index in [1.165, 1.54) is 0 Å². The molecular weight excluding hydrogens is 269 g/mol. The van der Waals surface area contributed by atoms with Gasteiger partial charge in [-0.2, -0.15) is 5.10 Å². The zero-order valence-corrected chi connectivity index (χ0v) is 10.1. The first-order valence-electron chi connectivity index (χ1n) is 4.21. The molecule has 0 aliphatic carbocycles. The van der Waals surface area contributed by atoms with E-state index in [0.29, 0.717) is 6.54 Å². The molecule has 14 heavy (non-hydrogen) atoms. The van der Waals surface area contributed by atoms with Crippen molar-refractivity contribution in [3.05, 3.63) is 16.4 Å². The second-order valence-corrected chi connectivity index (χ2v) is 3.81. The highest BCUT2D eigenvalue weighted by atomic mass is 79.9. The number of aryl methyl sites for hydroxylation is 1. The summed E-state index contributed by atoms with van der Waals surface area (Å²) in [6.45, 7) is 3.21. The summed E-state index contributed by atoms with van der Waals surface area (Å²) in [6, 6.07) is 0. The fourth-order valence-electron chi connectivity index (χ4n) is 0.948. The van der Waals surface area contributed by atoms with Crippen LogP contribution in [-0.2, 0) is 17.9 Å². The van der Waals surface area contributed by atoms with Gasteiger partial charge < -0.3 is 5.32 Å². The minimum atomic E-state index is -0.190. The van der Waals surface area contributed by atoms with Crippen LogP contribution in [0.5, 0.6) is 0 Å². The van der Waals surface area contributed by atoms with E-state index < -0.39 is 0 Å². The Bertz CT molecular complexity index is 326. The average molecular weight is 281 g/mol. The molecule has 0 unspecified atom stereocenters. The smallest absolute Gasteiger partial charge is 0.235 e. The van der Waals surface area contributed by atoms with E-state index in [2.05, 4.69) is 26.3 Å². The molecule has 4 nitrogen and oxygen atoms in total. The number of nitrogens with zero attached hydrogens (tertiary/aromatic N) is 2. The van der Waals surface area contributed by atoms with Gasteiger partial charge in [0.1, 0.15) is 5.88 Å². The standard InChI is InChI=1S/C8H11BrClN3O/c1-2-13-5-6(9)7(12-13)4-11-8(14)3-10/h5H,2-4H2,1H3,(H,11,14). The Hall–Kier alpha value is -0.550. The van der Waals surface area contributed by atoms with Crippen molar-refractivity contribution < 1.29 is 4.79 Å². The van der Waals surface area contributed by atoms with Crippen molar-refractivity contribution in [3.63, 3.8) is 0 Å². The first kappa shape index (κ1) is 11.5. The summed E-state index contributed by atoms with van der Waals surface area (Å²) in [6.07, 6.45) is 1.88. The number of nitrogens with one attached hydrogen (secondary N) is 1. The molecule has 1 amide bonds. The molecule has 0 radical (unpaired) electrons. The molecule has 0 aliphatic heterocycles. The van der Waals surface area contributed by atoms with Gasteiger partial charge in [0.05, 0.1) is 16.7 Å². The molecule has 0 fully saturated rings. The summed E-state index contributed by atoms with van der Waals surface area (Å²) in [5.74, 6) is -0.212. The van der Waals surface area contributed by atoms with Gasteiger partial charge in [0.2, 0.25) is 5.91 Å². The van der Waals surface area contributed by atoms with Gasteiger partial charge in [-0.05, 0) is 22.9 Å². The highest BCUT2D eigenvalue weighted by molar-refractivity contribution is 9.10. The third kappa shape index (κ3) is 2.99. The fourth-order valence-corrected chi connectivity index (χ4v) is 1.50. The maximum absolute atomic E-state index is 10.9. The molecule has 1 aromatic rings. The van der Waals surface area contributed by atoms with Gasteiger partial charge in [-0.25, -0.2) is 0 Å². The van der Waals surface area contributed by atoms with Crippen LogP contribution in [0.4, 0.5) is 0 Å². The SMILES string of the molecule is CCn1cc(Br)c(CNC(=O)CCl)n1. The maximum Gasteiger partial charge on any atom is 0.235 e. The number of carbonyl (C=O) groups excluding carboxylic acids is 1. The second-order valence-electron chi connectivity index (χ2n) is 2.69. The number of amides is 1. The normalized spacial score (nSPS) is 10.2. The lowest BCUT2D eigenvalue weighted by molar-refractivity contribution is -0.118. The zero-order valence-electron chi connectivity index (χ0n) is 7.76. The Labute approximate surface area is 95.7 Å². The zero-order chi connectivity index (χ0) is 10.6. The van der Waals surface area contributed by atoms with Crippen LogP contribution >= 0.6 is 27.5 Å². The summed E-state index contributed by atoms with van der Waals surface area (Å²) in [4.78, 5) is 10.9. The monoisotopic (exact) mass is 279 g/mol. The Kier molecular flexibility index (Phi) is 4.41. The van der Waals surface area contributed by atoms with E-state index in [9.17, 15) is 4.79 Å². The van der Waals surface area contributed by atoms with Gasteiger partial charge in [-0.1, -0.05) is 0 Å². The van der Waals surface area contributed by atoms with Crippen LogP contribution in [0.1, 0.15) is 12.6 Å². The van der Waals surface area contributed by atoms with Gasteiger partial charge in [0.25, 0.3) is 0 Å². The van der Waals surface area contributed by atoms with Crippen molar-refractivity contribution in [2.24, 2.45) is 0 Å². The molecule has 0 saturated carbocycles. The van der Waals surface area contributed by atoms with Crippen molar-refractivity contribution in [3.8, 4) is 0 Å². The van der Waals surface area contributed by atoms with Gasteiger partial charge in [0.15, 0.2) is 0 Å². The van der Waals surface area contributed by atoms with E-state index in [4.69, 9.17) is 11.6 Å². The third-order valence-corrected chi connectivity index (χ3v) is 2.59. The van der Waals surface area contributed by atoms with Crippen LogP contribution in [-0.4, -0.2) is 21.6 Å². The Balaban J connectivity index is 2.58. The van der Waals surface area contributed by atoms with Gasteiger partial charge in [-0.3, -0.25) is 9.48 Å². The average Bonchev–Trinajstić information content (AvgIpc) is 2.55. The Morgan fingerprint density at radius 2 is 2.50 bits per heavy atom. The Morgan fingerprint density at radius 1 is 1.79 bits per heavy atom. The molecule has 6 heteroatoms. The van der Waals surface area contributed by atoms with Gasteiger partial charge in [0, 0.05) is 12.7 Å². The van der Waals surface area contributed by atoms with E-state index >= 15 is 0 Å². The van der Waals surface area contributed by atoms with Crippen molar-refractivity contribution in [1.82, 2.24) is 15.1 Å². The van der Waals surface area contributed by atoms with Crippen molar-refractivity contribution in [2.45, 2.75) is 20.0 Å². The minimum Gasteiger partial charge on any atom is -0.349 e. The predicted octanol–water partition coefficient (Wildman–Crippen LogP) is 1.52. The molecule has 1 N–H and O–H groups in total. The van der Waals surface area contributed by atoms with E-state index in [0.717, 1.165) is 16.7 Å². The van der Waals surface area contributed by atoms with Crippen LogP contribution in [0.15, 0.2) is 10.7 Å². The first-order chi connectivity index (χ1) is 6.67. The lowest BCUT2D eigenvalue weighted by Gasteiger charge is -1.99. The molecule has 1 aromatic heterocycles. The van der Waals surface area contributed by atoms with E-state index in [-0.39, 0.29) is 11.8 Å². The number of aromatic nitrogens is 2. The summed E-state index contributed by atoms with van der Waals surface area (Å²) in [5, 5.41) is 6.90. The molecule has 0 spiro atoms. The number of hydrogen-bond acceptors (Lipinski definition) is 2. The lowest BCUT2D eigenvalue weighted by Crippen LogP contribution is -2.24. The van der Waals surface area contributed by atoms with Crippen LogP contribution in [0, 0.1) is 0 Å². The van der Waals surface area contributed by atoms with E-state index in [1.807, 2.05) is 13.1 Å². The van der Waals surface area contributed by atoms with Crippen LogP contribution in [0.3, 0.4) is 0 Å². The summed E-state index contributed by atoms with van der Waals surface area (Å²) < 4.78 is 2.70. The predicted molar refractivity (Wildman–Crippen MR) is 58.2 cm³/mol. The molecule has 0 atom stereocenters. The van der Waals surface area contributed by atoms with Crippen LogP contribution in [0.25, 0.3) is 0 Å². The molecule has 0 bridgehead atoms.